The van der Waals surface area contributed by atoms with E-state index in [0.717, 1.165) is 36.9 Å². The average Bonchev–Trinajstić information content (AvgIpc) is 3.15. The van der Waals surface area contributed by atoms with Crippen LogP contribution in [0.3, 0.4) is 0 Å². The van der Waals surface area contributed by atoms with Gasteiger partial charge in [-0.1, -0.05) is 11.6 Å². The van der Waals surface area contributed by atoms with Gasteiger partial charge >= 0.3 is 0 Å². The van der Waals surface area contributed by atoms with Crippen LogP contribution < -0.4 is 20.3 Å². The summed E-state index contributed by atoms with van der Waals surface area (Å²) in [7, 11) is 4.24. The monoisotopic (exact) mass is 523 g/mol. The minimum atomic E-state index is -0.810. The van der Waals surface area contributed by atoms with Gasteiger partial charge in [0.05, 0.1) is 5.02 Å². The van der Waals surface area contributed by atoms with Gasteiger partial charge in [0.15, 0.2) is 11.5 Å². The van der Waals surface area contributed by atoms with Crippen LogP contribution in [-0.2, 0) is 6.54 Å². The van der Waals surface area contributed by atoms with E-state index in [9.17, 15) is 9.59 Å². The molecule has 1 atom stereocenters. The molecule has 1 amide bonds. The molecule has 2 heterocycles. The molecule has 1 aliphatic carbocycles. The Kier molecular flexibility index (Phi) is 8.14. The highest BCUT2D eigenvalue weighted by Crippen LogP contribution is 2.51. The quantitative estimate of drug-likeness (QED) is 0.581. The molecular weight excluding hydrogens is 489 g/mol. The standard InChI is InChI=1S/C26H34ClN3O4.ClH/c1-14-11-15(2)29-25(32)20(14)13-28-24(31)19-12-21(27)23-22(16(19)3)33-26(4,34-23)17-7-9-18(10-8-17)30(5)6;/h11-12,17-18H,7-10,13H2,1-6H3,(H,28,31)(H,29,32);1H/t17-,18-,26-;/m1./s1. The minimum Gasteiger partial charge on any atom is -0.448 e. The number of H-pyrrole nitrogens is 1. The van der Waals surface area contributed by atoms with Gasteiger partial charge in [-0.15, -0.1) is 12.4 Å². The Bertz CT molecular complexity index is 1170. The predicted molar refractivity (Wildman–Crippen MR) is 140 cm³/mol. The molecule has 192 valence electrons. The van der Waals surface area contributed by atoms with Gasteiger partial charge in [-0.3, -0.25) is 9.59 Å². The van der Waals surface area contributed by atoms with Crippen LogP contribution in [0.25, 0.3) is 0 Å². The number of aromatic nitrogens is 1. The van der Waals surface area contributed by atoms with E-state index in [1.54, 1.807) is 6.07 Å². The van der Waals surface area contributed by atoms with Crippen molar-refractivity contribution >= 4 is 29.9 Å². The van der Waals surface area contributed by atoms with Gasteiger partial charge in [-0.25, -0.2) is 0 Å². The van der Waals surface area contributed by atoms with Crippen LogP contribution in [0.4, 0.5) is 0 Å². The fraction of sp³-hybridized carbons (Fsp3) is 0.538. The molecule has 35 heavy (non-hydrogen) atoms. The summed E-state index contributed by atoms with van der Waals surface area (Å²) in [5, 5.41) is 3.20. The molecule has 0 unspecified atom stereocenters. The van der Waals surface area contributed by atoms with E-state index in [1.807, 2.05) is 33.8 Å². The van der Waals surface area contributed by atoms with Crippen LogP contribution in [0.5, 0.6) is 11.5 Å². The smallest absolute Gasteiger partial charge is 0.253 e. The molecular formula is C26H35Cl2N3O4. The zero-order valence-electron chi connectivity index (χ0n) is 21.2. The lowest BCUT2D eigenvalue weighted by molar-refractivity contribution is -0.123. The summed E-state index contributed by atoms with van der Waals surface area (Å²) in [5.41, 5.74) is 3.05. The first-order valence-corrected chi connectivity index (χ1v) is 12.2. The van der Waals surface area contributed by atoms with E-state index < -0.39 is 5.79 Å². The second kappa shape index (κ2) is 10.4. The van der Waals surface area contributed by atoms with Crippen molar-refractivity contribution in [3.63, 3.8) is 0 Å². The number of ether oxygens (including phenoxy) is 2. The third-order valence-electron chi connectivity index (χ3n) is 7.38. The highest BCUT2D eigenvalue weighted by Gasteiger charge is 2.47. The molecule has 7 nitrogen and oxygen atoms in total. The molecule has 0 bridgehead atoms. The largest absolute Gasteiger partial charge is 0.448 e. The molecule has 9 heteroatoms. The first-order valence-electron chi connectivity index (χ1n) is 11.8. The van der Waals surface area contributed by atoms with E-state index >= 15 is 0 Å². The SMILES string of the molecule is Cc1cc(C)c(CNC(=O)c2cc(Cl)c3c(c2C)O[C@@](C)([C@H]2CC[C@H](N(C)C)CC2)O3)c(=O)[nH]1.Cl. The molecule has 1 aromatic carbocycles. The summed E-state index contributed by atoms with van der Waals surface area (Å²) in [6.45, 7) is 7.62. The number of pyridine rings is 1. The topological polar surface area (TPSA) is 83.7 Å². The normalized spacial score (nSPS) is 23.2. The highest BCUT2D eigenvalue weighted by atomic mass is 35.5. The number of aromatic amines is 1. The van der Waals surface area contributed by atoms with E-state index in [-0.39, 0.29) is 36.3 Å². The third kappa shape index (κ3) is 5.32. The highest BCUT2D eigenvalue weighted by molar-refractivity contribution is 6.33. The van der Waals surface area contributed by atoms with E-state index in [4.69, 9.17) is 21.1 Å². The summed E-state index contributed by atoms with van der Waals surface area (Å²) in [6, 6.07) is 4.09. The number of rotatable bonds is 5. The summed E-state index contributed by atoms with van der Waals surface area (Å²) in [4.78, 5) is 30.4. The van der Waals surface area contributed by atoms with Gasteiger partial charge in [-0.05, 0) is 78.2 Å². The number of halogens is 2. The van der Waals surface area contributed by atoms with Crippen LogP contribution in [0, 0.1) is 26.7 Å². The van der Waals surface area contributed by atoms with Crippen molar-refractivity contribution in [3.05, 3.63) is 55.5 Å². The predicted octanol–water partition coefficient (Wildman–Crippen LogP) is 4.91. The fourth-order valence-electron chi connectivity index (χ4n) is 5.23. The zero-order chi connectivity index (χ0) is 24.8. The number of nitrogens with one attached hydrogen (secondary N) is 2. The number of benzene rings is 1. The van der Waals surface area contributed by atoms with Crippen molar-refractivity contribution < 1.29 is 14.3 Å². The van der Waals surface area contributed by atoms with Crippen molar-refractivity contribution in [2.24, 2.45) is 5.92 Å². The minimum absolute atomic E-state index is 0. The number of nitrogens with zero attached hydrogens (tertiary/aromatic N) is 1. The molecule has 0 radical (unpaired) electrons. The number of amides is 1. The van der Waals surface area contributed by atoms with Crippen molar-refractivity contribution in [2.75, 3.05) is 14.1 Å². The van der Waals surface area contributed by atoms with Gasteiger partial charge in [0.2, 0.25) is 0 Å². The molecule has 2 aromatic rings. The number of fused-ring (bicyclic) bond motifs is 1. The van der Waals surface area contributed by atoms with E-state index in [2.05, 4.69) is 29.3 Å². The Morgan fingerprint density at radius 3 is 2.37 bits per heavy atom. The van der Waals surface area contributed by atoms with Crippen LogP contribution in [0.2, 0.25) is 5.02 Å². The van der Waals surface area contributed by atoms with Crippen LogP contribution in [-0.4, -0.2) is 41.7 Å². The Hall–Kier alpha value is -2.22. The Balaban J connectivity index is 0.00000342. The molecule has 4 rings (SSSR count). The first-order chi connectivity index (χ1) is 16.0. The fourth-order valence-corrected chi connectivity index (χ4v) is 5.46. The summed E-state index contributed by atoms with van der Waals surface area (Å²) >= 11 is 6.56. The van der Waals surface area contributed by atoms with E-state index in [1.165, 1.54) is 0 Å². The van der Waals surface area contributed by atoms with Gasteiger partial charge < -0.3 is 24.7 Å². The number of carbonyl (C=O) groups excluding carboxylic acids is 1. The Morgan fingerprint density at radius 2 is 1.77 bits per heavy atom. The molecule has 1 aromatic heterocycles. The van der Waals surface area contributed by atoms with Gasteiger partial charge in [0, 0.05) is 47.8 Å². The van der Waals surface area contributed by atoms with Crippen LogP contribution in [0.1, 0.15) is 65.3 Å². The van der Waals surface area contributed by atoms with Crippen molar-refractivity contribution in [1.29, 1.82) is 0 Å². The average molecular weight is 524 g/mol. The van der Waals surface area contributed by atoms with Gasteiger partial charge in [-0.2, -0.15) is 0 Å². The third-order valence-corrected chi connectivity index (χ3v) is 7.66. The molecule has 0 saturated heterocycles. The molecule has 1 aliphatic heterocycles. The Morgan fingerprint density at radius 1 is 1.14 bits per heavy atom. The number of hydrogen-bond donors (Lipinski definition) is 2. The first kappa shape index (κ1) is 27.4. The van der Waals surface area contributed by atoms with E-state index in [0.29, 0.717) is 39.3 Å². The maximum Gasteiger partial charge on any atom is 0.253 e. The maximum atomic E-state index is 13.1. The maximum absolute atomic E-state index is 13.1. The molecule has 2 N–H and O–H groups in total. The number of hydrogen-bond acceptors (Lipinski definition) is 5. The van der Waals surface area contributed by atoms with Gasteiger partial charge in [0.25, 0.3) is 17.3 Å². The van der Waals surface area contributed by atoms with Crippen molar-refractivity contribution in [3.8, 4) is 11.5 Å². The lowest BCUT2D eigenvalue weighted by atomic mass is 9.81. The summed E-state index contributed by atoms with van der Waals surface area (Å²) in [5.74, 6) is 0.137. The Labute approximate surface area is 217 Å². The number of carbonyl (C=O) groups is 1. The second-order valence-electron chi connectivity index (χ2n) is 10.0. The molecule has 2 aliphatic rings. The molecule has 0 spiro atoms. The van der Waals surface area contributed by atoms with Crippen LogP contribution in [0.15, 0.2) is 16.9 Å². The lowest BCUT2D eigenvalue weighted by Gasteiger charge is -2.39. The van der Waals surface area contributed by atoms with Crippen molar-refractivity contribution in [2.45, 2.75) is 71.8 Å². The van der Waals surface area contributed by atoms with Crippen LogP contribution >= 0.6 is 24.0 Å². The summed E-state index contributed by atoms with van der Waals surface area (Å²) in [6.07, 6.45) is 4.19. The lowest BCUT2D eigenvalue weighted by Crippen LogP contribution is -2.46. The summed E-state index contributed by atoms with van der Waals surface area (Å²) < 4.78 is 12.7. The number of aryl methyl sites for hydroxylation is 2. The second-order valence-corrected chi connectivity index (χ2v) is 10.4. The molecule has 1 saturated carbocycles. The van der Waals surface area contributed by atoms with Crippen molar-refractivity contribution in [1.82, 2.24) is 15.2 Å². The zero-order valence-corrected chi connectivity index (χ0v) is 22.8. The molecule has 1 fully saturated rings. The van der Waals surface area contributed by atoms with Gasteiger partial charge in [0.1, 0.15) is 0 Å².